The lowest BCUT2D eigenvalue weighted by atomic mass is 9.91. The van der Waals surface area contributed by atoms with Crippen molar-refractivity contribution in [2.24, 2.45) is 0 Å². The molecular weight excluding hydrogens is 388 g/mol. The summed E-state index contributed by atoms with van der Waals surface area (Å²) in [5.41, 5.74) is 0.121. The first-order valence-electron chi connectivity index (χ1n) is 9.26. The average Bonchev–Trinajstić information content (AvgIpc) is 3.38. The topological polar surface area (TPSA) is 111 Å². The Balaban J connectivity index is 1.45. The third-order valence-corrected chi connectivity index (χ3v) is 4.96. The predicted octanol–water partition coefficient (Wildman–Crippen LogP) is 1.52. The summed E-state index contributed by atoms with van der Waals surface area (Å²) < 4.78 is 12.2. The fourth-order valence-electron chi connectivity index (χ4n) is 3.26. The summed E-state index contributed by atoms with van der Waals surface area (Å²) in [5.74, 6) is 0.996. The second-order valence-corrected chi connectivity index (χ2v) is 6.84. The van der Waals surface area contributed by atoms with E-state index in [4.69, 9.17) is 9.47 Å². The molecule has 2 heterocycles. The molecule has 0 saturated carbocycles. The molecule has 0 spiro atoms. The van der Waals surface area contributed by atoms with Gasteiger partial charge in [0.1, 0.15) is 30.0 Å². The Kier molecular flexibility index (Phi) is 5.05. The SMILES string of the molecule is COc1ccc(OCCN2C(=O)NC(C)(c3cccc(-n4cnnn4)c3)C2=O)cc1. The van der Waals surface area contributed by atoms with Gasteiger partial charge in [-0.3, -0.25) is 9.69 Å². The normalized spacial score (nSPS) is 18.4. The fraction of sp³-hybridized carbons (Fsp3) is 0.250. The summed E-state index contributed by atoms with van der Waals surface area (Å²) in [6.45, 7) is 1.97. The largest absolute Gasteiger partial charge is 0.497 e. The van der Waals surface area contributed by atoms with Gasteiger partial charge >= 0.3 is 6.03 Å². The lowest BCUT2D eigenvalue weighted by Crippen LogP contribution is -2.41. The van der Waals surface area contributed by atoms with Crippen LogP contribution in [0.25, 0.3) is 5.69 Å². The lowest BCUT2D eigenvalue weighted by molar-refractivity contribution is -0.131. The van der Waals surface area contributed by atoms with Crippen LogP contribution >= 0.6 is 0 Å². The zero-order valence-corrected chi connectivity index (χ0v) is 16.5. The van der Waals surface area contributed by atoms with Gasteiger partial charge < -0.3 is 14.8 Å². The fourth-order valence-corrected chi connectivity index (χ4v) is 3.26. The van der Waals surface area contributed by atoms with E-state index in [2.05, 4.69) is 20.8 Å². The molecule has 4 rings (SSSR count). The highest BCUT2D eigenvalue weighted by Crippen LogP contribution is 2.30. The highest BCUT2D eigenvalue weighted by Gasteiger charge is 2.48. The molecule has 0 aliphatic carbocycles. The number of carbonyl (C=O) groups is 2. The molecule has 30 heavy (non-hydrogen) atoms. The van der Waals surface area contributed by atoms with Gasteiger partial charge in [-0.25, -0.2) is 9.48 Å². The summed E-state index contributed by atoms with van der Waals surface area (Å²) in [4.78, 5) is 26.7. The van der Waals surface area contributed by atoms with E-state index in [1.165, 1.54) is 11.0 Å². The van der Waals surface area contributed by atoms with Crippen molar-refractivity contribution in [3.8, 4) is 17.2 Å². The molecule has 1 aromatic heterocycles. The number of nitrogens with one attached hydrogen (secondary N) is 1. The van der Waals surface area contributed by atoms with Crippen LogP contribution in [0, 0.1) is 0 Å². The van der Waals surface area contributed by atoms with Gasteiger partial charge in [-0.2, -0.15) is 0 Å². The molecular formula is C20H20N6O4. The number of hydrogen-bond acceptors (Lipinski definition) is 7. The zero-order chi connectivity index (χ0) is 21.1. The van der Waals surface area contributed by atoms with Crippen LogP contribution in [-0.4, -0.2) is 57.3 Å². The average molecular weight is 408 g/mol. The van der Waals surface area contributed by atoms with Crippen molar-refractivity contribution in [2.75, 3.05) is 20.3 Å². The van der Waals surface area contributed by atoms with E-state index in [0.717, 1.165) is 10.6 Å². The quantitative estimate of drug-likeness (QED) is 0.590. The predicted molar refractivity (Wildman–Crippen MR) is 105 cm³/mol. The van der Waals surface area contributed by atoms with Crippen molar-refractivity contribution in [3.05, 3.63) is 60.4 Å². The Bertz CT molecular complexity index is 1050. The molecule has 10 heteroatoms. The first-order chi connectivity index (χ1) is 14.5. The summed E-state index contributed by atoms with van der Waals surface area (Å²) in [5, 5.41) is 13.9. The van der Waals surface area contributed by atoms with Crippen LogP contribution in [0.1, 0.15) is 12.5 Å². The minimum Gasteiger partial charge on any atom is -0.497 e. The Hall–Kier alpha value is -3.95. The number of benzene rings is 2. The molecule has 1 saturated heterocycles. The number of methoxy groups -OCH3 is 1. The lowest BCUT2D eigenvalue weighted by Gasteiger charge is -2.22. The molecule has 1 atom stereocenters. The van der Waals surface area contributed by atoms with E-state index in [-0.39, 0.29) is 19.1 Å². The maximum atomic E-state index is 13.1. The molecule has 0 radical (unpaired) electrons. The van der Waals surface area contributed by atoms with E-state index in [1.54, 1.807) is 56.5 Å². The van der Waals surface area contributed by atoms with Gasteiger partial charge in [-0.1, -0.05) is 12.1 Å². The Morgan fingerprint density at radius 1 is 1.10 bits per heavy atom. The zero-order valence-electron chi connectivity index (χ0n) is 16.5. The molecule has 154 valence electrons. The van der Waals surface area contributed by atoms with Gasteiger partial charge in [0.15, 0.2) is 0 Å². The van der Waals surface area contributed by atoms with Gasteiger partial charge in [0.25, 0.3) is 5.91 Å². The summed E-state index contributed by atoms with van der Waals surface area (Å²) >= 11 is 0. The number of imide groups is 1. The van der Waals surface area contributed by atoms with Crippen LogP contribution in [0.5, 0.6) is 11.5 Å². The van der Waals surface area contributed by atoms with Gasteiger partial charge in [0.05, 0.1) is 19.3 Å². The first kappa shape index (κ1) is 19.4. The van der Waals surface area contributed by atoms with Gasteiger partial charge in [-0.05, 0) is 59.3 Å². The summed E-state index contributed by atoms with van der Waals surface area (Å²) in [6.07, 6.45) is 1.46. The second kappa shape index (κ2) is 7.82. The van der Waals surface area contributed by atoms with Crippen LogP contribution in [-0.2, 0) is 10.3 Å². The molecule has 1 fully saturated rings. The van der Waals surface area contributed by atoms with Crippen molar-refractivity contribution in [2.45, 2.75) is 12.5 Å². The van der Waals surface area contributed by atoms with Crippen molar-refractivity contribution in [3.63, 3.8) is 0 Å². The maximum absolute atomic E-state index is 13.1. The van der Waals surface area contributed by atoms with Crippen molar-refractivity contribution in [1.82, 2.24) is 30.4 Å². The third-order valence-electron chi connectivity index (χ3n) is 4.96. The molecule has 2 aromatic carbocycles. The third kappa shape index (κ3) is 3.54. The number of aromatic nitrogens is 4. The molecule has 1 aliphatic heterocycles. The van der Waals surface area contributed by atoms with Gasteiger partial charge in [0, 0.05) is 0 Å². The molecule has 3 amide bonds. The molecule has 1 unspecified atom stereocenters. The van der Waals surface area contributed by atoms with E-state index >= 15 is 0 Å². The molecule has 1 N–H and O–H groups in total. The van der Waals surface area contributed by atoms with Gasteiger partial charge in [0.2, 0.25) is 0 Å². The van der Waals surface area contributed by atoms with Crippen LogP contribution in [0.3, 0.4) is 0 Å². The Morgan fingerprint density at radius 3 is 2.57 bits per heavy atom. The summed E-state index contributed by atoms with van der Waals surface area (Å²) in [7, 11) is 1.59. The molecule has 3 aromatic rings. The first-order valence-corrected chi connectivity index (χ1v) is 9.26. The number of nitrogens with zero attached hydrogens (tertiary/aromatic N) is 5. The second-order valence-electron chi connectivity index (χ2n) is 6.84. The van der Waals surface area contributed by atoms with E-state index in [1.807, 2.05) is 6.07 Å². The smallest absolute Gasteiger partial charge is 0.325 e. The molecule has 1 aliphatic rings. The Labute approximate surface area is 172 Å². The van der Waals surface area contributed by atoms with E-state index < -0.39 is 11.6 Å². The summed E-state index contributed by atoms with van der Waals surface area (Å²) in [6, 6.07) is 13.8. The Morgan fingerprint density at radius 2 is 1.87 bits per heavy atom. The number of tetrazole rings is 1. The number of carbonyl (C=O) groups excluding carboxylic acids is 2. The maximum Gasteiger partial charge on any atom is 0.325 e. The highest BCUT2D eigenvalue weighted by atomic mass is 16.5. The monoisotopic (exact) mass is 408 g/mol. The van der Waals surface area contributed by atoms with Crippen LogP contribution < -0.4 is 14.8 Å². The van der Waals surface area contributed by atoms with Crippen LogP contribution in [0.4, 0.5) is 4.79 Å². The van der Waals surface area contributed by atoms with E-state index in [9.17, 15) is 9.59 Å². The van der Waals surface area contributed by atoms with Gasteiger partial charge in [-0.15, -0.1) is 5.10 Å². The number of hydrogen-bond donors (Lipinski definition) is 1. The van der Waals surface area contributed by atoms with Crippen molar-refractivity contribution >= 4 is 11.9 Å². The standard InChI is InChI=1S/C20H20N6O4/c1-20(14-4-3-5-15(12-14)26-13-21-23-24-26)18(27)25(19(28)22-20)10-11-30-17-8-6-16(29-2)7-9-17/h3-9,12-13H,10-11H2,1-2H3,(H,22,28). The van der Waals surface area contributed by atoms with E-state index in [0.29, 0.717) is 17.0 Å². The number of ether oxygens (including phenoxy) is 2. The highest BCUT2D eigenvalue weighted by molar-refractivity contribution is 6.07. The van der Waals surface area contributed by atoms with Crippen molar-refractivity contribution in [1.29, 1.82) is 0 Å². The van der Waals surface area contributed by atoms with Crippen molar-refractivity contribution < 1.29 is 19.1 Å². The number of urea groups is 1. The van der Waals surface area contributed by atoms with Crippen LogP contribution in [0.2, 0.25) is 0 Å². The number of rotatable bonds is 7. The minimum atomic E-state index is -1.19. The number of amides is 3. The molecule has 0 bridgehead atoms. The molecule has 10 nitrogen and oxygen atoms in total. The minimum absolute atomic E-state index is 0.124. The van der Waals surface area contributed by atoms with Crippen LogP contribution in [0.15, 0.2) is 54.9 Å².